The van der Waals surface area contributed by atoms with Crippen molar-refractivity contribution in [1.82, 2.24) is 20.7 Å². The number of nitriles is 1. The molecular weight excluding hydrogens is 461 g/mol. The maximum Gasteiger partial charge on any atom is 0.326 e. The third-order valence-electron chi connectivity index (χ3n) is 5.29. The highest BCUT2D eigenvalue weighted by Gasteiger charge is 2.38. The minimum absolute atomic E-state index is 0.0105. The molecule has 0 aliphatic heterocycles. The fraction of sp³-hybridized carbons (Fsp3) is 0.292. The Morgan fingerprint density at radius 1 is 1.29 bits per heavy atom. The molecule has 1 aromatic heterocycles. The number of aromatic nitrogens is 3. The van der Waals surface area contributed by atoms with Gasteiger partial charge in [0, 0.05) is 16.6 Å². The van der Waals surface area contributed by atoms with Gasteiger partial charge in [-0.15, -0.1) is 0 Å². The zero-order valence-electron chi connectivity index (χ0n) is 18.6. The van der Waals surface area contributed by atoms with E-state index in [1.807, 2.05) is 6.07 Å². The Morgan fingerprint density at radius 2 is 2.03 bits per heavy atom. The standard InChI is InChI=1S/C24H23ClFN5O3/c1-3-34-23(33)24(2,14-27)12-18(29-22(32)21-13-28-31-30-21)10-15-4-6-16(7-5-15)19-11-17(25)8-9-20(19)26/h4-9,11,13,18H,3,10,12H2,1-2H3,(H,29,32)(H,28,30,31)/t18?,24-/m1/s1. The van der Waals surface area contributed by atoms with Gasteiger partial charge < -0.3 is 10.1 Å². The molecule has 0 aliphatic carbocycles. The van der Waals surface area contributed by atoms with Crippen LogP contribution in [0.25, 0.3) is 11.1 Å². The SMILES string of the molecule is CCOC(=O)[C@@](C)(C#N)CC(Cc1ccc(-c2cc(Cl)ccc2F)cc1)NC(=O)c1cn[nH]n1. The van der Waals surface area contributed by atoms with E-state index in [4.69, 9.17) is 16.3 Å². The Balaban J connectivity index is 1.84. The van der Waals surface area contributed by atoms with E-state index in [1.54, 1.807) is 37.3 Å². The summed E-state index contributed by atoms with van der Waals surface area (Å²) in [5.74, 6) is -1.56. The van der Waals surface area contributed by atoms with Crippen LogP contribution in [0.3, 0.4) is 0 Å². The molecule has 3 rings (SSSR count). The average molecular weight is 484 g/mol. The highest BCUT2D eigenvalue weighted by molar-refractivity contribution is 6.30. The van der Waals surface area contributed by atoms with Crippen LogP contribution in [0.5, 0.6) is 0 Å². The van der Waals surface area contributed by atoms with Crippen molar-refractivity contribution in [1.29, 1.82) is 5.26 Å². The topological polar surface area (TPSA) is 121 Å². The molecule has 10 heteroatoms. The van der Waals surface area contributed by atoms with Gasteiger partial charge in [0.25, 0.3) is 5.91 Å². The second kappa shape index (κ2) is 10.9. The van der Waals surface area contributed by atoms with Gasteiger partial charge in [-0.05, 0) is 56.0 Å². The third-order valence-corrected chi connectivity index (χ3v) is 5.52. The molecule has 1 amide bonds. The van der Waals surface area contributed by atoms with Gasteiger partial charge in [-0.25, -0.2) is 4.39 Å². The number of amides is 1. The number of halogens is 2. The molecule has 176 valence electrons. The van der Waals surface area contributed by atoms with E-state index in [0.29, 0.717) is 22.6 Å². The smallest absolute Gasteiger partial charge is 0.326 e. The molecule has 2 atom stereocenters. The van der Waals surface area contributed by atoms with Crippen LogP contribution < -0.4 is 5.32 Å². The number of H-pyrrole nitrogens is 1. The molecule has 2 N–H and O–H groups in total. The Morgan fingerprint density at radius 3 is 2.65 bits per heavy atom. The number of ether oxygens (including phenoxy) is 1. The third kappa shape index (κ3) is 5.97. The number of nitrogens with one attached hydrogen (secondary N) is 2. The summed E-state index contributed by atoms with van der Waals surface area (Å²) in [6.45, 7) is 3.27. The van der Waals surface area contributed by atoms with Crippen molar-refractivity contribution in [3.63, 3.8) is 0 Å². The Labute approximate surface area is 201 Å². The molecule has 34 heavy (non-hydrogen) atoms. The first-order chi connectivity index (χ1) is 16.3. The van der Waals surface area contributed by atoms with Crippen LogP contribution in [0.1, 0.15) is 36.3 Å². The van der Waals surface area contributed by atoms with E-state index in [1.165, 1.54) is 25.3 Å². The van der Waals surface area contributed by atoms with Crippen LogP contribution in [0.4, 0.5) is 4.39 Å². The van der Waals surface area contributed by atoms with Crippen molar-refractivity contribution in [3.05, 3.63) is 70.8 Å². The Hall–Kier alpha value is -3.77. The number of hydrogen-bond acceptors (Lipinski definition) is 6. The maximum atomic E-state index is 14.2. The van der Waals surface area contributed by atoms with E-state index in [-0.39, 0.29) is 18.7 Å². The van der Waals surface area contributed by atoms with Crippen LogP contribution in [-0.4, -0.2) is 39.9 Å². The summed E-state index contributed by atoms with van der Waals surface area (Å²) in [4.78, 5) is 25.0. The number of hydrogen-bond donors (Lipinski definition) is 2. The molecule has 0 spiro atoms. The maximum absolute atomic E-state index is 14.2. The number of aromatic amines is 1. The number of benzene rings is 2. The van der Waals surface area contributed by atoms with Gasteiger partial charge in [-0.2, -0.15) is 20.7 Å². The van der Waals surface area contributed by atoms with Gasteiger partial charge in [-0.3, -0.25) is 9.59 Å². The second-order valence-electron chi connectivity index (χ2n) is 7.92. The summed E-state index contributed by atoms with van der Waals surface area (Å²) in [6.07, 6.45) is 1.59. The van der Waals surface area contributed by atoms with Crippen molar-refractivity contribution in [3.8, 4) is 17.2 Å². The first-order valence-electron chi connectivity index (χ1n) is 10.5. The quantitative estimate of drug-likeness (QED) is 0.442. The highest BCUT2D eigenvalue weighted by atomic mass is 35.5. The predicted molar refractivity (Wildman–Crippen MR) is 123 cm³/mol. The van der Waals surface area contributed by atoms with Crippen LogP contribution in [0.2, 0.25) is 5.02 Å². The largest absolute Gasteiger partial charge is 0.465 e. The molecule has 8 nitrogen and oxygen atoms in total. The molecule has 1 heterocycles. The monoisotopic (exact) mass is 483 g/mol. The van der Waals surface area contributed by atoms with Crippen molar-refractivity contribution in [2.75, 3.05) is 6.61 Å². The van der Waals surface area contributed by atoms with Crippen LogP contribution in [0.15, 0.2) is 48.7 Å². The number of carbonyl (C=O) groups excluding carboxylic acids is 2. The van der Waals surface area contributed by atoms with Crippen molar-refractivity contribution in [2.24, 2.45) is 5.41 Å². The van der Waals surface area contributed by atoms with Gasteiger partial charge in [0.05, 0.1) is 18.9 Å². The van der Waals surface area contributed by atoms with Crippen LogP contribution in [-0.2, 0) is 16.0 Å². The Kier molecular flexibility index (Phi) is 7.97. The number of carbonyl (C=O) groups is 2. The lowest BCUT2D eigenvalue weighted by molar-refractivity contribution is -0.151. The minimum Gasteiger partial charge on any atom is -0.465 e. The van der Waals surface area contributed by atoms with E-state index >= 15 is 0 Å². The van der Waals surface area contributed by atoms with Gasteiger partial charge >= 0.3 is 5.97 Å². The highest BCUT2D eigenvalue weighted by Crippen LogP contribution is 2.28. The molecule has 3 aromatic rings. The fourth-order valence-electron chi connectivity index (χ4n) is 3.53. The molecule has 0 aliphatic rings. The molecule has 0 saturated carbocycles. The lowest BCUT2D eigenvalue weighted by Gasteiger charge is -2.26. The van der Waals surface area contributed by atoms with E-state index in [9.17, 15) is 19.2 Å². The first kappa shape index (κ1) is 24.9. The van der Waals surface area contributed by atoms with Crippen molar-refractivity contribution < 1.29 is 18.7 Å². The fourth-order valence-corrected chi connectivity index (χ4v) is 3.70. The van der Waals surface area contributed by atoms with Gasteiger partial charge in [0.1, 0.15) is 5.82 Å². The second-order valence-corrected chi connectivity index (χ2v) is 8.36. The molecule has 1 unspecified atom stereocenters. The molecule has 0 saturated heterocycles. The van der Waals surface area contributed by atoms with Crippen molar-refractivity contribution in [2.45, 2.75) is 32.7 Å². The molecule has 2 aromatic carbocycles. The average Bonchev–Trinajstić information content (AvgIpc) is 3.36. The predicted octanol–water partition coefficient (Wildman–Crippen LogP) is 4.09. The van der Waals surface area contributed by atoms with Crippen LogP contribution >= 0.6 is 11.6 Å². The first-order valence-corrected chi connectivity index (χ1v) is 10.9. The number of nitrogens with zero attached hydrogens (tertiary/aromatic N) is 3. The molecular formula is C24H23ClFN5O3. The summed E-state index contributed by atoms with van der Waals surface area (Å²) in [5, 5.41) is 22.7. The van der Waals surface area contributed by atoms with E-state index in [2.05, 4.69) is 20.7 Å². The summed E-state index contributed by atoms with van der Waals surface area (Å²) < 4.78 is 19.3. The normalized spacial score (nSPS) is 13.4. The number of esters is 1. The van der Waals surface area contributed by atoms with E-state index < -0.39 is 29.2 Å². The van der Waals surface area contributed by atoms with Gasteiger partial charge in [-0.1, -0.05) is 35.9 Å². The zero-order valence-corrected chi connectivity index (χ0v) is 19.4. The summed E-state index contributed by atoms with van der Waals surface area (Å²) in [5.41, 5.74) is 0.420. The Bertz CT molecular complexity index is 1190. The summed E-state index contributed by atoms with van der Waals surface area (Å²) >= 11 is 6.00. The molecule has 0 fully saturated rings. The zero-order chi connectivity index (χ0) is 24.7. The molecule has 0 radical (unpaired) electrons. The van der Waals surface area contributed by atoms with Crippen LogP contribution in [0, 0.1) is 22.6 Å². The lowest BCUT2D eigenvalue weighted by Crippen LogP contribution is -2.42. The minimum atomic E-state index is -1.47. The van der Waals surface area contributed by atoms with Gasteiger partial charge in [0.2, 0.25) is 0 Å². The van der Waals surface area contributed by atoms with E-state index in [0.717, 1.165) is 5.56 Å². The number of rotatable bonds is 9. The van der Waals surface area contributed by atoms with Crippen molar-refractivity contribution >= 4 is 23.5 Å². The summed E-state index contributed by atoms with van der Waals surface area (Å²) in [7, 11) is 0. The van der Waals surface area contributed by atoms with Gasteiger partial charge in [0.15, 0.2) is 11.1 Å². The molecule has 0 bridgehead atoms. The summed E-state index contributed by atoms with van der Waals surface area (Å²) in [6, 6.07) is 12.8. The lowest BCUT2D eigenvalue weighted by atomic mass is 9.83.